The van der Waals surface area contributed by atoms with Gasteiger partial charge in [-0.1, -0.05) is 17.5 Å². The monoisotopic (exact) mass is 150 g/mol. The molecule has 0 aliphatic heterocycles. The molecule has 0 radical (unpaired) electrons. The van der Waals surface area contributed by atoms with Gasteiger partial charge in [0.2, 0.25) is 0 Å². The van der Waals surface area contributed by atoms with E-state index in [1.165, 1.54) is 0 Å². The molecule has 1 atom stereocenters. The highest BCUT2D eigenvalue weighted by Gasteiger charge is 1.85. The minimum atomic E-state index is -1.86. The lowest BCUT2D eigenvalue weighted by Crippen LogP contribution is -2.00. The predicted molar refractivity (Wildman–Crippen MR) is 36.7 cm³/mol. The Balaban J connectivity index is 2.83. The van der Waals surface area contributed by atoms with E-state index >= 15 is 0 Å². The van der Waals surface area contributed by atoms with Crippen LogP contribution in [0, 0.1) is 0 Å². The zero-order chi connectivity index (χ0) is 7.11. The van der Waals surface area contributed by atoms with Crippen LogP contribution in [0.15, 0.2) is 0 Å². The van der Waals surface area contributed by atoms with Gasteiger partial charge in [0.25, 0.3) is 0 Å². The fourth-order valence-corrected chi connectivity index (χ4v) is 0.981. The van der Waals surface area contributed by atoms with Crippen molar-refractivity contribution in [1.29, 1.82) is 0 Å². The first-order valence-corrected chi connectivity index (χ1v) is 4.27. The van der Waals surface area contributed by atoms with Gasteiger partial charge >= 0.3 is 0 Å². The summed E-state index contributed by atoms with van der Waals surface area (Å²) in [6.45, 7) is 0.658. The minimum Gasteiger partial charge on any atom is -0.772 e. The number of hydrogen-bond donors (Lipinski definition) is 1. The van der Waals surface area contributed by atoms with Gasteiger partial charge in [-0.15, -0.1) is 0 Å². The Bertz CT molecular complexity index is 87.0. The SMILES string of the molecule is NCCCCCS(=O)[O-]. The van der Waals surface area contributed by atoms with E-state index in [2.05, 4.69) is 0 Å². The standard InChI is InChI=1S/C5H13NO2S/c6-4-2-1-3-5-9(7)8/h1-6H2,(H,7,8)/p-1. The Labute approximate surface area is 57.9 Å². The van der Waals surface area contributed by atoms with Gasteiger partial charge in [0.1, 0.15) is 0 Å². The van der Waals surface area contributed by atoms with Crippen molar-refractivity contribution >= 4 is 11.1 Å². The van der Waals surface area contributed by atoms with Gasteiger partial charge in [-0.3, -0.25) is 4.21 Å². The van der Waals surface area contributed by atoms with Crippen LogP contribution in [0.3, 0.4) is 0 Å². The van der Waals surface area contributed by atoms with Crippen molar-refractivity contribution in [1.82, 2.24) is 0 Å². The van der Waals surface area contributed by atoms with Crippen LogP contribution in [0.5, 0.6) is 0 Å². The first-order valence-electron chi connectivity index (χ1n) is 3.03. The van der Waals surface area contributed by atoms with Gasteiger partial charge in [-0.25, -0.2) is 0 Å². The summed E-state index contributed by atoms with van der Waals surface area (Å²) in [6.07, 6.45) is 2.59. The van der Waals surface area contributed by atoms with Crippen LogP contribution in [0.25, 0.3) is 0 Å². The number of nitrogens with two attached hydrogens (primary N) is 1. The molecule has 0 saturated carbocycles. The van der Waals surface area contributed by atoms with Crippen molar-refractivity contribution in [2.45, 2.75) is 19.3 Å². The molecule has 0 aliphatic carbocycles. The summed E-state index contributed by atoms with van der Waals surface area (Å²) in [5, 5.41) is 0. The van der Waals surface area contributed by atoms with Crippen molar-refractivity contribution in [3.05, 3.63) is 0 Å². The van der Waals surface area contributed by atoms with Crippen molar-refractivity contribution < 1.29 is 8.76 Å². The van der Waals surface area contributed by atoms with Crippen LogP contribution < -0.4 is 5.73 Å². The van der Waals surface area contributed by atoms with Crippen LogP contribution in [-0.2, 0) is 11.1 Å². The van der Waals surface area contributed by atoms with E-state index in [-0.39, 0.29) is 5.75 Å². The molecule has 56 valence electrons. The summed E-state index contributed by atoms with van der Waals surface area (Å²) in [5.41, 5.74) is 5.19. The quantitative estimate of drug-likeness (QED) is 0.443. The molecule has 0 aliphatic rings. The second kappa shape index (κ2) is 6.19. The summed E-state index contributed by atoms with van der Waals surface area (Å²) < 4.78 is 19.9. The molecule has 0 bridgehead atoms. The Kier molecular flexibility index (Phi) is 6.24. The minimum absolute atomic E-state index is 0.278. The highest BCUT2D eigenvalue weighted by Crippen LogP contribution is 1.93. The average molecular weight is 150 g/mol. The largest absolute Gasteiger partial charge is 0.772 e. The van der Waals surface area contributed by atoms with Crippen LogP contribution in [-0.4, -0.2) is 21.1 Å². The van der Waals surface area contributed by atoms with E-state index in [1.807, 2.05) is 0 Å². The molecular weight excluding hydrogens is 138 g/mol. The molecule has 4 heteroatoms. The Morgan fingerprint density at radius 1 is 1.33 bits per heavy atom. The second-order valence-corrected chi connectivity index (χ2v) is 2.87. The normalized spacial score (nSPS) is 13.6. The second-order valence-electron chi connectivity index (χ2n) is 1.86. The predicted octanol–water partition coefficient (Wildman–Crippen LogP) is -0.00550. The van der Waals surface area contributed by atoms with Gasteiger partial charge in [0.05, 0.1) is 0 Å². The van der Waals surface area contributed by atoms with Crippen LogP contribution in [0.1, 0.15) is 19.3 Å². The highest BCUT2D eigenvalue weighted by molar-refractivity contribution is 7.79. The van der Waals surface area contributed by atoms with E-state index in [4.69, 9.17) is 5.73 Å². The van der Waals surface area contributed by atoms with Gasteiger partial charge in [0.15, 0.2) is 0 Å². The molecule has 0 amide bonds. The maximum atomic E-state index is 9.93. The first-order chi connectivity index (χ1) is 4.27. The summed E-state index contributed by atoms with van der Waals surface area (Å²) in [5.74, 6) is 0.278. The summed E-state index contributed by atoms with van der Waals surface area (Å²) >= 11 is -1.86. The zero-order valence-electron chi connectivity index (χ0n) is 5.34. The Hall–Kier alpha value is 0.0700. The zero-order valence-corrected chi connectivity index (χ0v) is 6.15. The first kappa shape index (κ1) is 9.07. The van der Waals surface area contributed by atoms with E-state index in [0.29, 0.717) is 6.54 Å². The molecule has 2 N–H and O–H groups in total. The van der Waals surface area contributed by atoms with Crippen LogP contribution in [0.4, 0.5) is 0 Å². The van der Waals surface area contributed by atoms with Gasteiger partial charge in [0, 0.05) is 5.75 Å². The van der Waals surface area contributed by atoms with Gasteiger partial charge in [-0.2, -0.15) is 0 Å². The van der Waals surface area contributed by atoms with E-state index in [1.54, 1.807) is 0 Å². The van der Waals surface area contributed by atoms with Crippen molar-refractivity contribution in [3.8, 4) is 0 Å². The van der Waals surface area contributed by atoms with Crippen LogP contribution >= 0.6 is 0 Å². The maximum Gasteiger partial charge on any atom is 0.0102 e. The number of hydrogen-bond acceptors (Lipinski definition) is 3. The van der Waals surface area contributed by atoms with Crippen molar-refractivity contribution in [3.63, 3.8) is 0 Å². The molecule has 0 aromatic carbocycles. The molecule has 0 aromatic heterocycles. The van der Waals surface area contributed by atoms with E-state index in [0.717, 1.165) is 19.3 Å². The average Bonchev–Trinajstić information content (AvgIpc) is 1.80. The third kappa shape index (κ3) is 8.07. The maximum absolute atomic E-state index is 9.93. The molecule has 9 heavy (non-hydrogen) atoms. The molecule has 0 aromatic rings. The topological polar surface area (TPSA) is 66.2 Å². The van der Waals surface area contributed by atoms with Gasteiger partial charge < -0.3 is 10.3 Å². The summed E-state index contributed by atoms with van der Waals surface area (Å²) in [4.78, 5) is 0. The summed E-state index contributed by atoms with van der Waals surface area (Å²) in [7, 11) is 0. The molecule has 0 fully saturated rings. The lowest BCUT2D eigenvalue weighted by atomic mass is 10.2. The summed E-state index contributed by atoms with van der Waals surface area (Å²) in [6, 6.07) is 0. The van der Waals surface area contributed by atoms with Gasteiger partial charge in [-0.05, 0) is 19.4 Å². The third-order valence-electron chi connectivity index (χ3n) is 1.02. The molecule has 1 unspecified atom stereocenters. The van der Waals surface area contributed by atoms with E-state index in [9.17, 15) is 8.76 Å². The molecule has 0 rings (SSSR count). The fraction of sp³-hybridized carbons (Fsp3) is 1.00. The molecular formula is C5H12NO2S-. The molecule has 0 saturated heterocycles. The number of rotatable bonds is 5. The Morgan fingerprint density at radius 3 is 2.44 bits per heavy atom. The smallest absolute Gasteiger partial charge is 0.0102 e. The van der Waals surface area contributed by atoms with E-state index < -0.39 is 11.1 Å². The van der Waals surface area contributed by atoms with Crippen molar-refractivity contribution in [2.75, 3.05) is 12.3 Å². The molecule has 0 heterocycles. The van der Waals surface area contributed by atoms with Crippen LogP contribution in [0.2, 0.25) is 0 Å². The Morgan fingerprint density at radius 2 is 2.00 bits per heavy atom. The van der Waals surface area contributed by atoms with Crippen molar-refractivity contribution in [2.24, 2.45) is 5.73 Å². The molecule has 3 nitrogen and oxygen atoms in total. The lowest BCUT2D eigenvalue weighted by molar-refractivity contribution is 0.533. The fourth-order valence-electron chi connectivity index (χ4n) is 0.541. The third-order valence-corrected chi connectivity index (χ3v) is 1.64. The molecule has 0 spiro atoms. The highest BCUT2D eigenvalue weighted by atomic mass is 32.2. The lowest BCUT2D eigenvalue weighted by Gasteiger charge is -2.02. The number of unbranched alkanes of at least 4 members (excludes halogenated alkanes) is 2.